The molecule has 0 saturated carbocycles. The van der Waals surface area contributed by atoms with Crippen molar-refractivity contribution in [3.8, 4) is 0 Å². The molecule has 2 aromatic heterocycles. The fourth-order valence-electron chi connectivity index (χ4n) is 5.44. The summed E-state index contributed by atoms with van der Waals surface area (Å²) in [6.45, 7) is 9.36. The van der Waals surface area contributed by atoms with E-state index in [2.05, 4.69) is 53.7 Å². The molecule has 0 spiro atoms. The number of nitrogens with two attached hydrogens (primary N) is 2. The molecule has 4 aliphatic heterocycles. The van der Waals surface area contributed by atoms with Gasteiger partial charge in [0.1, 0.15) is 45.6 Å². The van der Waals surface area contributed by atoms with Crippen molar-refractivity contribution in [2.24, 2.45) is 10.3 Å². The Balaban J connectivity index is 0.000000250. The molecule has 63 heavy (non-hydrogen) atoms. The maximum Gasteiger partial charge on any atom is 0.394 e. The summed E-state index contributed by atoms with van der Waals surface area (Å²) in [6.07, 6.45) is 2.78. The number of rotatable bonds is 12. The molecule has 6 rings (SSSR count). The number of hydrogen-bond donors (Lipinski definition) is 8. The molecule has 2 fully saturated rings. The predicted molar refractivity (Wildman–Crippen MR) is 224 cm³/mol. The monoisotopic (exact) mass is 972 g/mol. The predicted octanol–water partition coefficient (Wildman–Crippen LogP) is -0.819. The maximum atomic E-state index is 12.7. The second-order valence-corrected chi connectivity index (χ2v) is 17.0. The average molecular weight is 973 g/mol. The highest BCUT2D eigenvalue weighted by Gasteiger charge is 2.55. The van der Waals surface area contributed by atoms with E-state index in [4.69, 9.17) is 29.0 Å². The lowest BCUT2D eigenvalue weighted by molar-refractivity contribution is -0.150. The van der Waals surface area contributed by atoms with Crippen LogP contribution < -0.4 is 22.1 Å². The summed E-state index contributed by atoms with van der Waals surface area (Å²) in [7, 11) is -4.67. The Labute approximate surface area is 370 Å². The molecule has 0 aliphatic carbocycles. The number of aromatic nitrogens is 2. The number of amides is 4. The van der Waals surface area contributed by atoms with Crippen LogP contribution in [0.5, 0.6) is 0 Å². The Bertz CT molecular complexity index is 2370. The van der Waals surface area contributed by atoms with Crippen LogP contribution in [0.4, 0.5) is 10.3 Å². The number of fused-ring (bicyclic) bond motifs is 2. The van der Waals surface area contributed by atoms with Gasteiger partial charge in [-0.05, 0) is 11.1 Å². The van der Waals surface area contributed by atoms with Crippen molar-refractivity contribution in [3.05, 3.63) is 70.0 Å². The van der Waals surface area contributed by atoms with E-state index < -0.39 is 80.7 Å². The number of carboxylic acid groups (broad SMARTS) is 2. The van der Waals surface area contributed by atoms with Crippen LogP contribution in [-0.2, 0) is 58.4 Å². The Hall–Kier alpha value is -6.51. The van der Waals surface area contributed by atoms with Crippen molar-refractivity contribution in [2.75, 3.05) is 23.0 Å². The number of carbonyl (C=O) groups is 8. The molecular weight excluding hydrogens is 941 g/mol. The SMILES string of the molecule is C=CC1=C(C(=O)O)N2C(=O)[C@@H](NC(=O)/C(=N/OC(C)=O)c3csc(N)n3)[C@H]2SC1.C=CC1=C(C(=O)O)N2C(=O)[C@@H](NC(=O)/C(=N/OC(C)=O)c3csc(N)n3)[C@H]2SC1.O=S(=O)(O)O. The topological polar surface area (TPSA) is 403 Å². The number of thioether (sulfide) groups is 2. The smallest absolute Gasteiger partial charge is 0.394 e. The number of anilines is 2. The Morgan fingerprint density at radius 3 is 1.35 bits per heavy atom. The van der Waals surface area contributed by atoms with Gasteiger partial charge in [0.05, 0.1) is 0 Å². The number of β-lactam (4-membered cyclic amide) rings is 2. The molecule has 26 nitrogen and oxygen atoms in total. The number of nitrogens with zero attached hydrogens (tertiary/aromatic N) is 6. The van der Waals surface area contributed by atoms with Crippen molar-refractivity contribution in [1.29, 1.82) is 0 Å². The fraction of sp³-hybridized carbons (Fsp3) is 0.250. The van der Waals surface area contributed by atoms with E-state index in [9.17, 15) is 48.6 Å². The first-order valence-electron chi connectivity index (χ1n) is 16.8. The van der Waals surface area contributed by atoms with Crippen LogP contribution in [0.15, 0.2) is 68.9 Å². The van der Waals surface area contributed by atoms with E-state index in [1.54, 1.807) is 0 Å². The second-order valence-electron chi connectivity index (χ2n) is 12.1. The minimum atomic E-state index is -4.67. The van der Waals surface area contributed by atoms with E-state index in [0.29, 0.717) is 22.7 Å². The highest BCUT2D eigenvalue weighted by atomic mass is 32.3. The molecule has 0 unspecified atom stereocenters. The molecule has 6 heterocycles. The summed E-state index contributed by atoms with van der Waals surface area (Å²) in [5, 5.41) is 32.9. The summed E-state index contributed by atoms with van der Waals surface area (Å²) in [4.78, 5) is 115. The maximum absolute atomic E-state index is 12.7. The third-order valence-corrected chi connectivity index (χ3v) is 11.9. The number of thiazole rings is 2. The molecule has 4 aliphatic rings. The molecule has 0 radical (unpaired) electrons. The molecule has 336 valence electrons. The van der Waals surface area contributed by atoms with Gasteiger partial charge in [-0.1, -0.05) is 35.6 Å². The average Bonchev–Trinajstić information content (AvgIpc) is 3.84. The van der Waals surface area contributed by atoms with E-state index in [0.717, 1.165) is 46.3 Å². The summed E-state index contributed by atoms with van der Waals surface area (Å²) in [6, 6.07) is -1.96. The number of carbonyl (C=O) groups excluding carboxylic acids is 6. The van der Waals surface area contributed by atoms with Gasteiger partial charge < -0.3 is 42.0 Å². The van der Waals surface area contributed by atoms with Crippen LogP contribution >= 0.6 is 46.2 Å². The number of oxime groups is 2. The highest BCUT2D eigenvalue weighted by Crippen LogP contribution is 2.41. The van der Waals surface area contributed by atoms with Crippen LogP contribution in [-0.4, -0.2) is 141 Å². The lowest BCUT2D eigenvalue weighted by Crippen LogP contribution is -2.71. The van der Waals surface area contributed by atoms with Crippen molar-refractivity contribution in [1.82, 2.24) is 30.4 Å². The third-order valence-electron chi connectivity index (χ3n) is 7.96. The molecule has 10 N–H and O–H groups in total. The van der Waals surface area contributed by atoms with E-state index in [-0.39, 0.29) is 44.5 Å². The molecule has 0 aromatic carbocycles. The first-order chi connectivity index (χ1) is 29.5. The third kappa shape index (κ3) is 11.9. The zero-order valence-corrected chi connectivity index (χ0v) is 36.1. The highest BCUT2D eigenvalue weighted by molar-refractivity contribution is 8.00. The van der Waals surface area contributed by atoms with Gasteiger partial charge in [0, 0.05) is 36.1 Å². The second kappa shape index (κ2) is 20.6. The van der Waals surface area contributed by atoms with Gasteiger partial charge in [-0.15, -0.1) is 46.2 Å². The quantitative estimate of drug-likeness (QED) is 0.0423. The minimum Gasteiger partial charge on any atom is -0.477 e. The molecule has 0 bridgehead atoms. The number of nitrogens with one attached hydrogen (secondary N) is 2. The van der Waals surface area contributed by atoms with Gasteiger partial charge in [-0.3, -0.25) is 38.1 Å². The van der Waals surface area contributed by atoms with Crippen LogP contribution in [0.25, 0.3) is 0 Å². The minimum absolute atomic E-state index is 0.0752. The molecule has 4 atom stereocenters. The van der Waals surface area contributed by atoms with E-state index in [1.165, 1.54) is 46.4 Å². The fourth-order valence-corrected chi connectivity index (χ4v) is 9.22. The Morgan fingerprint density at radius 1 is 0.762 bits per heavy atom. The largest absolute Gasteiger partial charge is 0.477 e. The number of nitrogen functional groups attached to an aromatic ring is 2. The van der Waals surface area contributed by atoms with E-state index >= 15 is 0 Å². The number of carboxylic acids is 2. The molecule has 31 heteroatoms. The van der Waals surface area contributed by atoms with Gasteiger partial charge in [0.25, 0.3) is 23.6 Å². The molecule has 4 amide bonds. The number of allylic oxidation sites excluding steroid dienone is 2. The van der Waals surface area contributed by atoms with Gasteiger partial charge in [-0.2, -0.15) is 8.42 Å². The molecule has 2 saturated heterocycles. The Morgan fingerprint density at radius 2 is 1.10 bits per heavy atom. The van der Waals surface area contributed by atoms with Crippen molar-refractivity contribution in [3.63, 3.8) is 0 Å². The number of hydrogen-bond acceptors (Lipinski definition) is 22. The lowest BCUT2D eigenvalue weighted by Gasteiger charge is -2.49. The standard InChI is InChI=1S/2C16H15N5O6S2.H2O4S/c2*1-3-7-4-28-14-10(13(24)21(14)11(7)15(25)26)19-12(23)9(20-27-6(2)22)8-5-29-16(17)18-8;1-5(2,3)4/h2*3,5,10,14H,1,4H2,2H3,(H2,17,18)(H,19,23)(H,25,26);(H2,1,2,3,4)/b2*20-9+;/t2*10-,14-;/m11./s1. The normalized spacial score (nSPS) is 20.4. The van der Waals surface area contributed by atoms with Gasteiger partial charge >= 0.3 is 34.3 Å². The van der Waals surface area contributed by atoms with Gasteiger partial charge in [0.15, 0.2) is 21.7 Å². The van der Waals surface area contributed by atoms with Crippen LogP contribution in [0, 0.1) is 0 Å². The van der Waals surface area contributed by atoms with Crippen LogP contribution in [0.1, 0.15) is 25.2 Å². The van der Waals surface area contributed by atoms with Gasteiger partial charge in [-0.25, -0.2) is 29.1 Å². The molecule has 2 aromatic rings. The van der Waals surface area contributed by atoms with Crippen LogP contribution in [0.3, 0.4) is 0 Å². The first kappa shape index (κ1) is 49.1. The summed E-state index contributed by atoms with van der Waals surface area (Å²) < 4.78 is 31.6. The van der Waals surface area contributed by atoms with Gasteiger partial charge in [0.2, 0.25) is 0 Å². The van der Waals surface area contributed by atoms with E-state index in [1.807, 2.05) is 0 Å². The number of aliphatic carboxylic acids is 2. The zero-order valence-electron chi connectivity index (χ0n) is 32.0. The van der Waals surface area contributed by atoms with Crippen molar-refractivity contribution < 1.29 is 75.8 Å². The molecular formula is C32H32N10O16S5. The Kier molecular flexibility index (Phi) is 16.0. The van der Waals surface area contributed by atoms with Crippen molar-refractivity contribution in [2.45, 2.75) is 36.7 Å². The summed E-state index contributed by atoms with van der Waals surface area (Å²) >= 11 is 4.69. The summed E-state index contributed by atoms with van der Waals surface area (Å²) in [5.74, 6) is -6.16. The van der Waals surface area contributed by atoms with Crippen molar-refractivity contribution >= 4 is 126 Å². The summed E-state index contributed by atoms with van der Waals surface area (Å²) in [5.41, 5.74) is 11.2. The first-order valence-corrected chi connectivity index (χ1v) is 22.1. The van der Waals surface area contributed by atoms with Crippen LogP contribution in [0.2, 0.25) is 0 Å². The zero-order chi connectivity index (χ0) is 47.1. The lowest BCUT2D eigenvalue weighted by atomic mass is 10.0.